The Morgan fingerprint density at radius 2 is 2.12 bits per heavy atom. The van der Waals surface area contributed by atoms with E-state index >= 15 is 0 Å². The van der Waals surface area contributed by atoms with Crippen molar-refractivity contribution in [2.45, 2.75) is 19.9 Å². The first kappa shape index (κ1) is 17.3. The van der Waals surface area contributed by atoms with E-state index in [1.165, 1.54) is 28.9 Å². The van der Waals surface area contributed by atoms with E-state index in [1.807, 2.05) is 0 Å². The number of para-hydroxylation sites is 2. The van der Waals surface area contributed by atoms with Crippen LogP contribution in [0.4, 0.5) is 5.69 Å². The number of nitro groups is 1. The predicted molar refractivity (Wildman–Crippen MR) is 87.2 cm³/mol. The summed E-state index contributed by atoms with van der Waals surface area (Å²) >= 11 is 0. The quantitative estimate of drug-likeness (QED) is 0.606. The monoisotopic (exact) mass is 331 g/mol. The van der Waals surface area contributed by atoms with Crippen molar-refractivity contribution in [3.63, 3.8) is 0 Å². The minimum absolute atomic E-state index is 0.168. The molecule has 0 aliphatic carbocycles. The molecule has 1 atom stereocenters. The minimum Gasteiger partial charge on any atom is -0.347 e. The Hall–Kier alpha value is -3.07. The van der Waals surface area contributed by atoms with Gasteiger partial charge in [0.05, 0.1) is 4.92 Å². The smallest absolute Gasteiger partial charge is 0.294 e. The fourth-order valence-corrected chi connectivity index (χ4v) is 2.10. The lowest BCUT2D eigenvalue weighted by atomic mass is 10.2. The van der Waals surface area contributed by atoms with Crippen LogP contribution in [0.1, 0.15) is 23.1 Å². The number of amides is 1. The van der Waals surface area contributed by atoms with Crippen LogP contribution in [0, 0.1) is 17.0 Å². The number of nitro benzene ring substituents is 1. The van der Waals surface area contributed by atoms with Crippen LogP contribution in [-0.4, -0.2) is 33.2 Å². The SMILES string of the molecule is Cc1cc(=O)c(C(=O)N[C@@H](C)CN)nn1-c1ccccc1[N+](=O)[O-]. The number of hydrogen-bond acceptors (Lipinski definition) is 6. The summed E-state index contributed by atoms with van der Waals surface area (Å²) in [4.78, 5) is 34.9. The summed E-state index contributed by atoms with van der Waals surface area (Å²) in [7, 11) is 0. The number of carbonyl (C=O) groups excluding carboxylic acids is 1. The van der Waals surface area contributed by atoms with Crippen LogP contribution in [0.5, 0.6) is 0 Å². The Morgan fingerprint density at radius 3 is 2.75 bits per heavy atom. The zero-order chi connectivity index (χ0) is 17.9. The third kappa shape index (κ3) is 3.46. The minimum atomic E-state index is -0.676. The topological polar surface area (TPSA) is 133 Å². The lowest BCUT2D eigenvalue weighted by Crippen LogP contribution is -2.40. The molecule has 2 aromatic rings. The van der Waals surface area contributed by atoms with Crippen molar-refractivity contribution in [1.82, 2.24) is 15.1 Å². The van der Waals surface area contributed by atoms with Crippen molar-refractivity contribution in [3.05, 3.63) is 62.1 Å². The zero-order valence-corrected chi connectivity index (χ0v) is 13.2. The molecule has 9 heteroatoms. The van der Waals surface area contributed by atoms with Crippen LogP contribution in [-0.2, 0) is 0 Å². The van der Waals surface area contributed by atoms with Gasteiger partial charge in [-0.25, -0.2) is 4.68 Å². The van der Waals surface area contributed by atoms with Crippen molar-refractivity contribution >= 4 is 11.6 Å². The molecule has 0 unspecified atom stereocenters. The number of nitrogens with zero attached hydrogens (tertiary/aromatic N) is 3. The molecule has 2 rings (SSSR count). The van der Waals surface area contributed by atoms with Gasteiger partial charge in [-0.1, -0.05) is 12.1 Å². The molecule has 0 fully saturated rings. The number of carbonyl (C=O) groups is 1. The Morgan fingerprint density at radius 1 is 1.46 bits per heavy atom. The van der Waals surface area contributed by atoms with Crippen molar-refractivity contribution in [1.29, 1.82) is 0 Å². The third-order valence-electron chi connectivity index (χ3n) is 3.36. The van der Waals surface area contributed by atoms with Gasteiger partial charge < -0.3 is 11.1 Å². The van der Waals surface area contributed by atoms with Gasteiger partial charge in [0.2, 0.25) is 5.43 Å². The zero-order valence-electron chi connectivity index (χ0n) is 13.2. The van der Waals surface area contributed by atoms with Gasteiger partial charge in [0, 0.05) is 30.4 Å². The van der Waals surface area contributed by atoms with Gasteiger partial charge in [0.15, 0.2) is 5.69 Å². The molecule has 3 N–H and O–H groups in total. The van der Waals surface area contributed by atoms with Crippen molar-refractivity contribution in [2.75, 3.05) is 6.54 Å². The lowest BCUT2D eigenvalue weighted by molar-refractivity contribution is -0.384. The molecule has 1 aromatic carbocycles. The molecule has 0 saturated carbocycles. The van der Waals surface area contributed by atoms with E-state index in [-0.39, 0.29) is 29.7 Å². The first-order valence-corrected chi connectivity index (χ1v) is 7.21. The van der Waals surface area contributed by atoms with E-state index in [9.17, 15) is 19.7 Å². The third-order valence-corrected chi connectivity index (χ3v) is 3.36. The molecule has 126 valence electrons. The van der Waals surface area contributed by atoms with Gasteiger partial charge in [0.1, 0.15) is 5.69 Å². The highest BCUT2D eigenvalue weighted by Crippen LogP contribution is 2.22. The molecule has 9 nitrogen and oxygen atoms in total. The Kier molecular flexibility index (Phi) is 5.05. The van der Waals surface area contributed by atoms with Crippen LogP contribution in [0.3, 0.4) is 0 Å². The maximum absolute atomic E-state index is 12.2. The van der Waals surface area contributed by atoms with Gasteiger partial charge in [-0.05, 0) is 19.9 Å². The summed E-state index contributed by atoms with van der Waals surface area (Å²) in [6, 6.07) is 6.83. The highest BCUT2D eigenvalue weighted by Gasteiger charge is 2.20. The van der Waals surface area contributed by atoms with E-state index in [2.05, 4.69) is 10.4 Å². The Bertz CT molecular complexity index is 846. The number of nitrogens with two attached hydrogens (primary N) is 1. The van der Waals surface area contributed by atoms with Crippen molar-refractivity contribution in [3.8, 4) is 5.69 Å². The van der Waals surface area contributed by atoms with Crippen LogP contribution < -0.4 is 16.5 Å². The molecule has 0 aliphatic heterocycles. The second-order valence-electron chi connectivity index (χ2n) is 5.27. The number of nitrogens with one attached hydrogen (secondary N) is 1. The second kappa shape index (κ2) is 7.01. The van der Waals surface area contributed by atoms with Gasteiger partial charge >= 0.3 is 0 Å². The van der Waals surface area contributed by atoms with Crippen molar-refractivity contribution < 1.29 is 9.72 Å². The highest BCUT2D eigenvalue weighted by atomic mass is 16.6. The summed E-state index contributed by atoms with van der Waals surface area (Å²) in [5.74, 6) is -0.676. The Balaban J connectivity index is 2.58. The summed E-state index contributed by atoms with van der Waals surface area (Å²) in [5.41, 5.74) is 4.89. The van der Waals surface area contributed by atoms with Gasteiger partial charge in [-0.2, -0.15) is 5.10 Å². The number of benzene rings is 1. The molecule has 1 aromatic heterocycles. The fourth-order valence-electron chi connectivity index (χ4n) is 2.10. The first-order chi connectivity index (χ1) is 11.3. The van der Waals surface area contributed by atoms with Crippen LogP contribution in [0.25, 0.3) is 5.69 Å². The molecule has 0 saturated heterocycles. The molecular weight excluding hydrogens is 314 g/mol. The molecule has 0 spiro atoms. The standard InChI is InChI=1S/C15H17N5O4/c1-9(8-16)17-15(22)14-13(21)7-10(2)19(18-14)11-5-3-4-6-12(11)20(23)24/h3-7,9H,8,16H2,1-2H3,(H,17,22)/t9-/m0/s1. The summed E-state index contributed by atoms with van der Waals surface area (Å²) in [6.45, 7) is 3.47. The second-order valence-corrected chi connectivity index (χ2v) is 5.27. The van der Waals surface area contributed by atoms with Gasteiger partial charge in [0.25, 0.3) is 11.6 Å². The maximum Gasteiger partial charge on any atom is 0.294 e. The van der Waals surface area contributed by atoms with E-state index < -0.39 is 16.3 Å². The largest absolute Gasteiger partial charge is 0.347 e. The summed E-state index contributed by atoms with van der Waals surface area (Å²) in [6.07, 6.45) is 0. The summed E-state index contributed by atoms with van der Waals surface area (Å²) < 4.78 is 1.21. The predicted octanol–water partition coefficient (Wildman–Crippen LogP) is 0.526. The molecule has 0 bridgehead atoms. The van der Waals surface area contributed by atoms with Gasteiger partial charge in [-0.15, -0.1) is 0 Å². The number of rotatable bonds is 5. The number of aromatic nitrogens is 2. The fraction of sp³-hybridized carbons (Fsp3) is 0.267. The van der Waals surface area contributed by atoms with E-state index in [0.29, 0.717) is 5.69 Å². The van der Waals surface area contributed by atoms with E-state index in [1.54, 1.807) is 19.9 Å². The molecule has 24 heavy (non-hydrogen) atoms. The normalized spacial score (nSPS) is 11.8. The van der Waals surface area contributed by atoms with Crippen molar-refractivity contribution in [2.24, 2.45) is 5.73 Å². The maximum atomic E-state index is 12.2. The molecular formula is C15H17N5O4. The molecule has 1 heterocycles. The van der Waals surface area contributed by atoms with E-state index in [0.717, 1.165) is 0 Å². The van der Waals surface area contributed by atoms with E-state index in [4.69, 9.17) is 5.73 Å². The molecule has 0 radical (unpaired) electrons. The highest BCUT2D eigenvalue weighted by molar-refractivity contribution is 5.92. The lowest BCUT2D eigenvalue weighted by Gasteiger charge is -2.13. The number of aryl methyl sites for hydroxylation is 1. The molecule has 0 aliphatic rings. The van der Waals surface area contributed by atoms with Crippen LogP contribution >= 0.6 is 0 Å². The van der Waals surface area contributed by atoms with Crippen LogP contribution in [0.15, 0.2) is 35.1 Å². The van der Waals surface area contributed by atoms with Crippen LogP contribution in [0.2, 0.25) is 0 Å². The number of hydrogen-bond donors (Lipinski definition) is 2. The average Bonchev–Trinajstić information content (AvgIpc) is 2.54. The average molecular weight is 331 g/mol. The Labute approximate surface area is 137 Å². The van der Waals surface area contributed by atoms with Gasteiger partial charge in [-0.3, -0.25) is 19.7 Å². The molecule has 1 amide bonds. The summed E-state index contributed by atoms with van der Waals surface area (Å²) in [5, 5.41) is 17.8. The first-order valence-electron chi connectivity index (χ1n) is 7.21.